The summed E-state index contributed by atoms with van der Waals surface area (Å²) in [6.45, 7) is 0. The number of nitrogens with zero attached hydrogens (tertiary/aromatic N) is 2. The van der Waals surface area contributed by atoms with Crippen molar-refractivity contribution in [2.24, 2.45) is 12.9 Å². The number of nitrogens with one attached hydrogen (secondary N) is 1. The molecule has 1 unspecified atom stereocenters. The maximum atomic E-state index is 12.3. The minimum atomic E-state index is -4.36. The van der Waals surface area contributed by atoms with Crippen molar-refractivity contribution in [3.8, 4) is 0 Å². The van der Waals surface area contributed by atoms with Gasteiger partial charge in [-0.2, -0.15) is 13.2 Å². The summed E-state index contributed by atoms with van der Waals surface area (Å²) in [6.07, 6.45) is -1.61. The lowest BCUT2D eigenvalue weighted by Crippen LogP contribution is -2.47. The molecule has 3 N–H and O–H groups in total. The van der Waals surface area contributed by atoms with Crippen molar-refractivity contribution in [3.05, 3.63) is 18.2 Å². The van der Waals surface area contributed by atoms with Crippen LogP contribution in [0.25, 0.3) is 0 Å². The maximum Gasteiger partial charge on any atom is 0.405 e. The average Bonchev–Trinajstić information content (AvgIpc) is 2.45. The molecule has 0 saturated carbocycles. The topological polar surface area (TPSA) is 55.9 Å². The molecule has 0 saturated heterocycles. The minimum Gasteiger partial charge on any atom is -0.338 e. The second kappa shape index (κ2) is 3.97. The summed E-state index contributed by atoms with van der Waals surface area (Å²) in [7, 11) is 1.63. The molecule has 0 radical (unpaired) electrons. The average molecular weight is 208 g/mol. The molecule has 0 aliphatic rings. The monoisotopic (exact) mass is 208 g/mol. The van der Waals surface area contributed by atoms with Crippen LogP contribution in [0.15, 0.2) is 12.4 Å². The molecule has 0 aliphatic carbocycles. The molecule has 1 aromatic heterocycles. The van der Waals surface area contributed by atoms with Gasteiger partial charge in [0.1, 0.15) is 11.9 Å². The van der Waals surface area contributed by atoms with Crippen LogP contribution in [0.4, 0.5) is 13.2 Å². The molecule has 0 aliphatic heterocycles. The zero-order valence-electron chi connectivity index (χ0n) is 7.54. The number of hydrogen-bond acceptors (Lipinski definition) is 3. The quantitative estimate of drug-likeness (QED) is 0.557. The lowest BCUT2D eigenvalue weighted by molar-refractivity contribution is -0.156. The Bertz CT molecular complexity index is 293. The Balaban J connectivity index is 2.71. The van der Waals surface area contributed by atoms with E-state index >= 15 is 0 Å². The van der Waals surface area contributed by atoms with E-state index in [4.69, 9.17) is 5.84 Å². The molecule has 0 amide bonds. The van der Waals surface area contributed by atoms with Gasteiger partial charge in [-0.1, -0.05) is 0 Å². The number of rotatable bonds is 3. The molecule has 80 valence electrons. The van der Waals surface area contributed by atoms with Crippen LogP contribution >= 0.6 is 0 Å². The third kappa shape index (κ3) is 2.46. The van der Waals surface area contributed by atoms with E-state index < -0.39 is 12.2 Å². The SMILES string of the molecule is Cn1ccnc1CC(NN)C(F)(F)F. The highest BCUT2D eigenvalue weighted by molar-refractivity contribution is 4.95. The van der Waals surface area contributed by atoms with Gasteiger partial charge in [0.25, 0.3) is 0 Å². The Morgan fingerprint density at radius 2 is 2.29 bits per heavy atom. The van der Waals surface area contributed by atoms with E-state index in [-0.39, 0.29) is 6.42 Å². The lowest BCUT2D eigenvalue weighted by atomic mass is 10.2. The van der Waals surface area contributed by atoms with Crippen molar-refractivity contribution in [2.75, 3.05) is 0 Å². The molecule has 7 heteroatoms. The van der Waals surface area contributed by atoms with Crippen LogP contribution in [0, 0.1) is 0 Å². The molecular formula is C7H11F3N4. The smallest absolute Gasteiger partial charge is 0.338 e. The van der Waals surface area contributed by atoms with Gasteiger partial charge in [0.15, 0.2) is 0 Å². The number of hydrazine groups is 1. The molecule has 0 aromatic carbocycles. The van der Waals surface area contributed by atoms with Gasteiger partial charge in [-0.25, -0.2) is 10.4 Å². The van der Waals surface area contributed by atoms with E-state index in [1.165, 1.54) is 10.8 Å². The molecule has 0 bridgehead atoms. The van der Waals surface area contributed by atoms with Gasteiger partial charge in [-0.15, -0.1) is 0 Å². The molecule has 4 nitrogen and oxygen atoms in total. The van der Waals surface area contributed by atoms with Gasteiger partial charge < -0.3 is 4.57 Å². The van der Waals surface area contributed by atoms with E-state index in [1.54, 1.807) is 18.7 Å². The largest absolute Gasteiger partial charge is 0.405 e. The molecular weight excluding hydrogens is 197 g/mol. The van der Waals surface area contributed by atoms with E-state index in [0.717, 1.165) is 0 Å². The van der Waals surface area contributed by atoms with Crippen molar-refractivity contribution in [3.63, 3.8) is 0 Å². The Morgan fingerprint density at radius 3 is 2.64 bits per heavy atom. The number of aromatic nitrogens is 2. The Morgan fingerprint density at radius 1 is 1.64 bits per heavy atom. The molecule has 1 rings (SSSR count). The van der Waals surface area contributed by atoms with Crippen LogP contribution in [-0.4, -0.2) is 21.8 Å². The Kier molecular flexibility index (Phi) is 3.12. The zero-order chi connectivity index (χ0) is 10.8. The van der Waals surface area contributed by atoms with Crippen molar-refractivity contribution in [1.29, 1.82) is 0 Å². The van der Waals surface area contributed by atoms with Crippen molar-refractivity contribution in [1.82, 2.24) is 15.0 Å². The number of hydrogen-bond donors (Lipinski definition) is 2. The first-order valence-corrected chi connectivity index (χ1v) is 3.94. The van der Waals surface area contributed by atoms with Crippen LogP contribution in [0.1, 0.15) is 5.82 Å². The van der Waals surface area contributed by atoms with Crippen LogP contribution in [-0.2, 0) is 13.5 Å². The van der Waals surface area contributed by atoms with E-state index in [2.05, 4.69) is 4.98 Å². The predicted octanol–water partition coefficient (Wildman–Crippen LogP) is 0.357. The number of nitrogens with two attached hydrogens (primary N) is 1. The molecule has 1 atom stereocenters. The number of imidazole rings is 1. The van der Waals surface area contributed by atoms with Gasteiger partial charge in [-0.05, 0) is 0 Å². The van der Waals surface area contributed by atoms with Gasteiger partial charge in [-0.3, -0.25) is 5.84 Å². The summed E-state index contributed by atoms with van der Waals surface area (Å²) in [5, 5.41) is 0. The fraction of sp³-hybridized carbons (Fsp3) is 0.571. The fourth-order valence-electron chi connectivity index (χ4n) is 1.04. The van der Waals surface area contributed by atoms with Crippen molar-refractivity contribution in [2.45, 2.75) is 18.6 Å². The van der Waals surface area contributed by atoms with Crippen LogP contribution in [0.2, 0.25) is 0 Å². The number of alkyl halides is 3. The summed E-state index contributed by atoms with van der Waals surface area (Å²) in [5.41, 5.74) is 1.73. The highest BCUT2D eigenvalue weighted by Gasteiger charge is 2.39. The van der Waals surface area contributed by atoms with Crippen molar-refractivity contribution >= 4 is 0 Å². The first-order chi connectivity index (χ1) is 6.45. The van der Waals surface area contributed by atoms with Gasteiger partial charge in [0.2, 0.25) is 0 Å². The predicted molar refractivity (Wildman–Crippen MR) is 44.1 cm³/mol. The van der Waals surface area contributed by atoms with Crippen LogP contribution in [0.3, 0.4) is 0 Å². The maximum absolute atomic E-state index is 12.3. The third-order valence-corrected chi connectivity index (χ3v) is 1.90. The normalized spacial score (nSPS) is 14.4. The van der Waals surface area contributed by atoms with E-state index in [0.29, 0.717) is 5.82 Å². The molecule has 1 heterocycles. The first-order valence-electron chi connectivity index (χ1n) is 3.94. The Labute approximate surface area is 78.9 Å². The summed E-state index contributed by atoms with van der Waals surface area (Å²) in [6, 6.07) is -1.76. The van der Waals surface area contributed by atoms with Gasteiger partial charge >= 0.3 is 6.18 Å². The highest BCUT2D eigenvalue weighted by Crippen LogP contribution is 2.21. The lowest BCUT2D eigenvalue weighted by Gasteiger charge is -2.18. The van der Waals surface area contributed by atoms with E-state index in [9.17, 15) is 13.2 Å². The number of aryl methyl sites for hydroxylation is 1. The molecule has 14 heavy (non-hydrogen) atoms. The second-order valence-corrected chi connectivity index (χ2v) is 2.92. The summed E-state index contributed by atoms with van der Waals surface area (Å²) in [4.78, 5) is 3.78. The van der Waals surface area contributed by atoms with Crippen LogP contribution in [0.5, 0.6) is 0 Å². The summed E-state index contributed by atoms with van der Waals surface area (Å²) in [5.74, 6) is 5.16. The second-order valence-electron chi connectivity index (χ2n) is 2.92. The molecule has 0 spiro atoms. The van der Waals surface area contributed by atoms with Gasteiger partial charge in [0, 0.05) is 25.9 Å². The Hall–Kier alpha value is -1.08. The standard InChI is InChI=1S/C7H11F3N4/c1-14-3-2-12-6(14)4-5(13-11)7(8,9)10/h2-3,5,13H,4,11H2,1H3. The van der Waals surface area contributed by atoms with Crippen molar-refractivity contribution < 1.29 is 13.2 Å². The summed E-state index contributed by atoms with van der Waals surface area (Å²) >= 11 is 0. The molecule has 0 fully saturated rings. The molecule has 1 aromatic rings. The zero-order valence-corrected chi connectivity index (χ0v) is 7.54. The first kappa shape index (κ1) is 11.0. The van der Waals surface area contributed by atoms with Gasteiger partial charge in [0.05, 0.1) is 0 Å². The summed E-state index contributed by atoms with van der Waals surface area (Å²) < 4.78 is 38.3. The third-order valence-electron chi connectivity index (χ3n) is 1.90. The highest BCUT2D eigenvalue weighted by atomic mass is 19.4. The van der Waals surface area contributed by atoms with Crippen LogP contribution < -0.4 is 11.3 Å². The fourth-order valence-corrected chi connectivity index (χ4v) is 1.04. The number of halogens is 3. The van der Waals surface area contributed by atoms with E-state index in [1.807, 2.05) is 0 Å². The minimum absolute atomic E-state index is 0.274.